The summed E-state index contributed by atoms with van der Waals surface area (Å²) in [5.74, 6) is 2.63. The van der Waals surface area contributed by atoms with Gasteiger partial charge < -0.3 is 29.1 Å². The van der Waals surface area contributed by atoms with Gasteiger partial charge in [0.2, 0.25) is 11.7 Å². The number of piperazine rings is 1. The quantitative estimate of drug-likeness (QED) is 0.599. The van der Waals surface area contributed by atoms with E-state index in [-0.39, 0.29) is 11.9 Å². The van der Waals surface area contributed by atoms with Gasteiger partial charge in [-0.2, -0.15) is 4.98 Å². The van der Waals surface area contributed by atoms with E-state index in [1.165, 1.54) is 0 Å². The molecule has 0 unspecified atom stereocenters. The first-order chi connectivity index (χ1) is 16.0. The number of amides is 2. The number of benzene rings is 2. The molecule has 0 aliphatic carbocycles. The Morgan fingerprint density at radius 1 is 1.00 bits per heavy atom. The molecule has 9 nitrogen and oxygen atoms in total. The van der Waals surface area contributed by atoms with Crippen LogP contribution in [0.5, 0.6) is 11.5 Å². The van der Waals surface area contributed by atoms with E-state index in [2.05, 4.69) is 32.5 Å². The SMILES string of the molecule is COc1ccc(NC(=O)N2CCN(c3ccc(-c4noc(C(C)C)n4)cc3)CC2)cc1OC. The van der Waals surface area contributed by atoms with Crippen molar-refractivity contribution in [2.24, 2.45) is 0 Å². The lowest BCUT2D eigenvalue weighted by Gasteiger charge is -2.36. The zero-order valence-corrected chi connectivity index (χ0v) is 19.4. The molecule has 2 aromatic carbocycles. The minimum atomic E-state index is -0.129. The van der Waals surface area contributed by atoms with Crippen LogP contribution in [0.1, 0.15) is 25.7 Å². The average molecular weight is 452 g/mol. The number of carbonyl (C=O) groups excluding carboxylic acids is 1. The van der Waals surface area contributed by atoms with Gasteiger partial charge in [-0.25, -0.2) is 4.79 Å². The first-order valence-electron chi connectivity index (χ1n) is 11.0. The summed E-state index contributed by atoms with van der Waals surface area (Å²) in [6.45, 7) is 6.80. The average Bonchev–Trinajstić information content (AvgIpc) is 3.35. The van der Waals surface area contributed by atoms with Crippen LogP contribution < -0.4 is 19.7 Å². The Kier molecular flexibility index (Phi) is 6.67. The van der Waals surface area contributed by atoms with Crippen LogP contribution in [0.25, 0.3) is 11.4 Å². The van der Waals surface area contributed by atoms with Gasteiger partial charge in [-0.1, -0.05) is 19.0 Å². The molecule has 0 bridgehead atoms. The summed E-state index contributed by atoms with van der Waals surface area (Å²) in [6.07, 6.45) is 0. The van der Waals surface area contributed by atoms with Gasteiger partial charge in [0.25, 0.3) is 0 Å². The van der Waals surface area contributed by atoms with E-state index in [4.69, 9.17) is 14.0 Å². The highest BCUT2D eigenvalue weighted by Crippen LogP contribution is 2.30. The zero-order chi connectivity index (χ0) is 23.4. The standard InChI is InChI=1S/C24H29N5O4/c1-16(2)23-26-22(27-33-23)17-5-8-19(9-6-17)28-11-13-29(14-12-28)24(30)25-18-7-10-20(31-3)21(15-18)32-4/h5-10,15-16H,11-14H2,1-4H3,(H,25,30). The molecule has 1 saturated heterocycles. The molecule has 0 radical (unpaired) electrons. The molecular weight excluding hydrogens is 422 g/mol. The third kappa shape index (κ3) is 5.02. The Balaban J connectivity index is 1.33. The van der Waals surface area contributed by atoms with Crippen molar-refractivity contribution in [3.05, 3.63) is 48.4 Å². The second-order valence-corrected chi connectivity index (χ2v) is 8.13. The number of urea groups is 1. The second kappa shape index (κ2) is 9.81. The number of aromatic nitrogens is 2. The van der Waals surface area contributed by atoms with E-state index >= 15 is 0 Å². The number of carbonyl (C=O) groups is 1. The summed E-state index contributed by atoms with van der Waals surface area (Å²) in [6, 6.07) is 13.3. The van der Waals surface area contributed by atoms with Crippen LogP contribution in [0.4, 0.5) is 16.2 Å². The summed E-state index contributed by atoms with van der Waals surface area (Å²) in [7, 11) is 3.15. The van der Waals surface area contributed by atoms with Crippen LogP contribution in [-0.2, 0) is 0 Å². The molecule has 2 amide bonds. The fourth-order valence-electron chi connectivity index (χ4n) is 3.69. The van der Waals surface area contributed by atoms with Crippen LogP contribution in [0.2, 0.25) is 0 Å². The first-order valence-corrected chi connectivity index (χ1v) is 11.0. The van der Waals surface area contributed by atoms with E-state index in [1.807, 2.05) is 30.9 Å². The molecule has 1 aliphatic heterocycles. The van der Waals surface area contributed by atoms with Crippen molar-refractivity contribution in [2.75, 3.05) is 50.6 Å². The van der Waals surface area contributed by atoms with Crippen LogP contribution >= 0.6 is 0 Å². The van der Waals surface area contributed by atoms with E-state index in [0.717, 1.165) is 24.3 Å². The van der Waals surface area contributed by atoms with Gasteiger partial charge in [0.15, 0.2) is 11.5 Å². The molecule has 0 spiro atoms. The number of anilines is 2. The monoisotopic (exact) mass is 451 g/mol. The lowest BCUT2D eigenvalue weighted by Crippen LogP contribution is -2.50. The Morgan fingerprint density at radius 3 is 2.30 bits per heavy atom. The van der Waals surface area contributed by atoms with Gasteiger partial charge in [0.1, 0.15) is 0 Å². The maximum absolute atomic E-state index is 12.7. The van der Waals surface area contributed by atoms with Gasteiger partial charge in [-0.3, -0.25) is 0 Å². The molecule has 1 N–H and O–H groups in total. The minimum absolute atomic E-state index is 0.129. The number of nitrogens with zero attached hydrogens (tertiary/aromatic N) is 4. The predicted molar refractivity (Wildman–Crippen MR) is 126 cm³/mol. The smallest absolute Gasteiger partial charge is 0.321 e. The van der Waals surface area contributed by atoms with Crippen molar-refractivity contribution in [3.63, 3.8) is 0 Å². The summed E-state index contributed by atoms with van der Waals surface area (Å²) in [5, 5.41) is 7.01. The van der Waals surface area contributed by atoms with Crippen LogP contribution in [-0.4, -0.2) is 61.5 Å². The Morgan fingerprint density at radius 2 is 1.70 bits per heavy atom. The number of nitrogens with one attached hydrogen (secondary N) is 1. The Bertz CT molecular complexity index is 1090. The molecule has 1 aliphatic rings. The molecular formula is C24H29N5O4. The van der Waals surface area contributed by atoms with Gasteiger partial charge in [0.05, 0.1) is 14.2 Å². The largest absolute Gasteiger partial charge is 0.493 e. The van der Waals surface area contributed by atoms with Crippen LogP contribution in [0.3, 0.4) is 0 Å². The lowest BCUT2D eigenvalue weighted by atomic mass is 10.1. The van der Waals surface area contributed by atoms with Crippen molar-refractivity contribution < 1.29 is 18.8 Å². The molecule has 4 rings (SSSR count). The zero-order valence-electron chi connectivity index (χ0n) is 19.4. The number of ether oxygens (including phenoxy) is 2. The van der Waals surface area contributed by atoms with Gasteiger partial charge >= 0.3 is 6.03 Å². The van der Waals surface area contributed by atoms with Gasteiger partial charge in [-0.15, -0.1) is 0 Å². The summed E-state index contributed by atoms with van der Waals surface area (Å²) >= 11 is 0. The fraction of sp³-hybridized carbons (Fsp3) is 0.375. The normalized spacial score (nSPS) is 13.8. The number of methoxy groups -OCH3 is 2. The molecule has 1 fully saturated rings. The Hall–Kier alpha value is -3.75. The topological polar surface area (TPSA) is 93.0 Å². The van der Waals surface area contributed by atoms with Crippen molar-refractivity contribution in [1.29, 1.82) is 0 Å². The molecule has 1 aromatic heterocycles. The molecule has 33 heavy (non-hydrogen) atoms. The van der Waals surface area contributed by atoms with Crippen molar-refractivity contribution in [3.8, 4) is 22.9 Å². The highest BCUT2D eigenvalue weighted by Gasteiger charge is 2.22. The van der Waals surface area contributed by atoms with E-state index < -0.39 is 0 Å². The van der Waals surface area contributed by atoms with Crippen molar-refractivity contribution in [1.82, 2.24) is 15.0 Å². The molecule has 0 saturated carbocycles. The number of hydrogen-bond acceptors (Lipinski definition) is 7. The molecule has 2 heterocycles. The summed E-state index contributed by atoms with van der Waals surface area (Å²) < 4.78 is 15.8. The minimum Gasteiger partial charge on any atom is -0.493 e. The maximum Gasteiger partial charge on any atom is 0.321 e. The van der Waals surface area contributed by atoms with Crippen molar-refractivity contribution in [2.45, 2.75) is 19.8 Å². The fourth-order valence-corrected chi connectivity index (χ4v) is 3.69. The van der Waals surface area contributed by atoms with Gasteiger partial charge in [0, 0.05) is 55.1 Å². The Labute approximate surface area is 193 Å². The lowest BCUT2D eigenvalue weighted by molar-refractivity contribution is 0.208. The molecule has 174 valence electrons. The van der Waals surface area contributed by atoms with Crippen molar-refractivity contribution >= 4 is 17.4 Å². The van der Waals surface area contributed by atoms with E-state index in [1.54, 1.807) is 32.4 Å². The highest BCUT2D eigenvalue weighted by atomic mass is 16.5. The third-order valence-corrected chi connectivity index (χ3v) is 5.63. The predicted octanol–water partition coefficient (Wildman–Crippen LogP) is 4.23. The number of hydrogen-bond donors (Lipinski definition) is 1. The first kappa shape index (κ1) is 22.4. The van der Waals surface area contributed by atoms with Gasteiger partial charge in [-0.05, 0) is 36.4 Å². The molecule has 0 atom stereocenters. The number of rotatable bonds is 6. The van der Waals surface area contributed by atoms with Crippen LogP contribution in [0.15, 0.2) is 47.0 Å². The summed E-state index contributed by atoms with van der Waals surface area (Å²) in [5.41, 5.74) is 2.69. The molecule has 9 heteroatoms. The maximum atomic E-state index is 12.7. The van der Waals surface area contributed by atoms with E-state index in [0.29, 0.717) is 42.0 Å². The van der Waals surface area contributed by atoms with E-state index in [9.17, 15) is 4.79 Å². The second-order valence-electron chi connectivity index (χ2n) is 8.13. The highest BCUT2D eigenvalue weighted by molar-refractivity contribution is 5.90. The third-order valence-electron chi connectivity index (χ3n) is 5.63. The summed E-state index contributed by atoms with van der Waals surface area (Å²) in [4.78, 5) is 21.2. The molecule has 3 aromatic rings. The van der Waals surface area contributed by atoms with Crippen LogP contribution in [0, 0.1) is 0 Å².